The van der Waals surface area contributed by atoms with Crippen molar-refractivity contribution in [2.75, 3.05) is 7.11 Å². The molecule has 4 heteroatoms. The molecule has 1 aliphatic carbocycles. The maximum Gasteiger partial charge on any atom is 0.252 e. The Bertz CT molecular complexity index is 660. The van der Waals surface area contributed by atoms with Crippen LogP contribution >= 0.6 is 11.3 Å². The average molecular weight is 315 g/mol. The molecule has 0 bridgehead atoms. The summed E-state index contributed by atoms with van der Waals surface area (Å²) < 4.78 is 5.17. The van der Waals surface area contributed by atoms with E-state index in [0.29, 0.717) is 0 Å². The van der Waals surface area contributed by atoms with Crippen LogP contribution in [-0.2, 0) is 12.8 Å². The Hall–Kier alpha value is -1.81. The molecule has 1 atom stereocenters. The molecular weight excluding hydrogens is 294 g/mol. The van der Waals surface area contributed by atoms with E-state index in [1.54, 1.807) is 18.4 Å². The van der Waals surface area contributed by atoms with E-state index in [1.807, 2.05) is 36.6 Å². The molecule has 116 valence electrons. The van der Waals surface area contributed by atoms with Crippen molar-refractivity contribution < 1.29 is 9.53 Å². The van der Waals surface area contributed by atoms with Crippen molar-refractivity contribution in [1.82, 2.24) is 5.32 Å². The molecule has 0 radical (unpaired) electrons. The Morgan fingerprint density at radius 2 is 1.95 bits per heavy atom. The van der Waals surface area contributed by atoms with Gasteiger partial charge in [-0.15, -0.1) is 11.3 Å². The van der Waals surface area contributed by atoms with Gasteiger partial charge in [0.2, 0.25) is 0 Å². The number of hydrogen-bond donors (Lipinski definition) is 1. The van der Waals surface area contributed by atoms with Gasteiger partial charge in [-0.1, -0.05) is 12.1 Å². The number of nitrogens with one attached hydrogen (secondary N) is 1. The summed E-state index contributed by atoms with van der Waals surface area (Å²) in [5.74, 6) is 0.872. The van der Waals surface area contributed by atoms with Gasteiger partial charge in [0.25, 0.3) is 5.91 Å². The normalized spacial score (nSPS) is 15.0. The molecule has 1 heterocycles. The second-order valence-electron chi connectivity index (χ2n) is 5.73. The Kier molecular flexibility index (Phi) is 4.48. The van der Waals surface area contributed by atoms with Crippen molar-refractivity contribution in [3.05, 3.63) is 51.2 Å². The lowest BCUT2D eigenvalue weighted by Crippen LogP contribution is -2.27. The van der Waals surface area contributed by atoms with Gasteiger partial charge in [0.15, 0.2) is 0 Å². The van der Waals surface area contributed by atoms with Gasteiger partial charge < -0.3 is 10.1 Å². The van der Waals surface area contributed by atoms with Crippen molar-refractivity contribution in [3.8, 4) is 5.75 Å². The van der Waals surface area contributed by atoms with E-state index in [1.165, 1.54) is 23.3 Å². The summed E-state index contributed by atoms with van der Waals surface area (Å²) in [5.41, 5.74) is 3.23. The molecule has 0 fully saturated rings. The first kappa shape index (κ1) is 15.1. The summed E-state index contributed by atoms with van der Waals surface area (Å²) >= 11 is 1.73. The zero-order chi connectivity index (χ0) is 15.5. The lowest BCUT2D eigenvalue weighted by atomic mass is 9.95. The van der Waals surface area contributed by atoms with E-state index in [9.17, 15) is 4.79 Å². The van der Waals surface area contributed by atoms with E-state index < -0.39 is 0 Å². The summed E-state index contributed by atoms with van der Waals surface area (Å²) in [6.07, 6.45) is 4.61. The molecule has 0 saturated heterocycles. The first-order valence-electron chi connectivity index (χ1n) is 7.73. The monoisotopic (exact) mass is 315 g/mol. The minimum atomic E-state index is -0.0162. The van der Waals surface area contributed by atoms with Gasteiger partial charge in [-0.25, -0.2) is 0 Å². The number of carbonyl (C=O) groups is 1. The minimum absolute atomic E-state index is 0.0162. The predicted molar refractivity (Wildman–Crippen MR) is 89.8 cm³/mol. The van der Waals surface area contributed by atoms with Crippen LogP contribution in [0.1, 0.15) is 52.2 Å². The van der Waals surface area contributed by atoms with Crippen LogP contribution < -0.4 is 10.1 Å². The van der Waals surface area contributed by atoms with Crippen molar-refractivity contribution >= 4 is 17.2 Å². The molecule has 22 heavy (non-hydrogen) atoms. The van der Waals surface area contributed by atoms with Crippen LogP contribution in [0.2, 0.25) is 0 Å². The second kappa shape index (κ2) is 6.53. The Balaban J connectivity index is 1.71. The Morgan fingerprint density at radius 1 is 1.23 bits per heavy atom. The summed E-state index contributed by atoms with van der Waals surface area (Å²) in [4.78, 5) is 14.0. The standard InChI is InChI=1S/C18H21NO2S/c1-12(13-7-9-14(21-2)10-8-13)19-18(20)16-11-22-17-6-4-3-5-15(16)17/h7-12H,3-6H2,1-2H3,(H,19,20). The maximum atomic E-state index is 12.6. The lowest BCUT2D eigenvalue weighted by Gasteiger charge is -2.16. The molecule has 0 saturated carbocycles. The van der Waals surface area contributed by atoms with Gasteiger partial charge in [0, 0.05) is 10.3 Å². The molecule has 3 rings (SSSR count). The SMILES string of the molecule is COc1ccc(C(C)NC(=O)c2csc3c2CCCC3)cc1. The summed E-state index contributed by atoms with van der Waals surface area (Å²) in [6.45, 7) is 2.01. The van der Waals surface area contributed by atoms with Crippen LogP contribution in [0.25, 0.3) is 0 Å². The molecule has 1 aliphatic rings. The first-order chi connectivity index (χ1) is 10.7. The number of amides is 1. The van der Waals surface area contributed by atoms with Crippen molar-refractivity contribution in [2.45, 2.75) is 38.6 Å². The molecule has 1 amide bonds. The van der Waals surface area contributed by atoms with Gasteiger partial charge in [-0.2, -0.15) is 0 Å². The highest BCUT2D eigenvalue weighted by Crippen LogP contribution is 2.30. The number of methoxy groups -OCH3 is 1. The fourth-order valence-corrected chi connectivity index (χ4v) is 4.06. The van der Waals surface area contributed by atoms with Gasteiger partial charge >= 0.3 is 0 Å². The smallest absolute Gasteiger partial charge is 0.252 e. The van der Waals surface area contributed by atoms with Crippen LogP contribution in [-0.4, -0.2) is 13.0 Å². The molecule has 0 spiro atoms. The zero-order valence-electron chi connectivity index (χ0n) is 13.0. The van der Waals surface area contributed by atoms with E-state index >= 15 is 0 Å². The van der Waals surface area contributed by atoms with Crippen molar-refractivity contribution in [2.24, 2.45) is 0 Å². The quantitative estimate of drug-likeness (QED) is 0.921. The molecule has 1 aromatic carbocycles. The van der Waals surface area contributed by atoms with Crippen LogP contribution in [0, 0.1) is 0 Å². The highest BCUT2D eigenvalue weighted by atomic mass is 32.1. The van der Waals surface area contributed by atoms with E-state index in [0.717, 1.165) is 29.7 Å². The van der Waals surface area contributed by atoms with Crippen LogP contribution in [0.3, 0.4) is 0 Å². The Morgan fingerprint density at radius 3 is 2.68 bits per heavy atom. The largest absolute Gasteiger partial charge is 0.497 e. The molecule has 2 aromatic rings. The lowest BCUT2D eigenvalue weighted by molar-refractivity contribution is 0.0939. The van der Waals surface area contributed by atoms with Gasteiger partial charge in [0.1, 0.15) is 5.75 Å². The summed E-state index contributed by atoms with van der Waals surface area (Å²) in [7, 11) is 1.65. The summed E-state index contributed by atoms with van der Waals surface area (Å²) in [5, 5.41) is 5.13. The molecule has 3 nitrogen and oxygen atoms in total. The van der Waals surface area contributed by atoms with E-state index in [4.69, 9.17) is 4.74 Å². The van der Waals surface area contributed by atoms with E-state index in [-0.39, 0.29) is 11.9 Å². The number of carbonyl (C=O) groups excluding carboxylic acids is 1. The number of ether oxygens (including phenoxy) is 1. The number of aryl methyl sites for hydroxylation is 1. The van der Waals surface area contributed by atoms with Crippen LogP contribution in [0.15, 0.2) is 29.6 Å². The maximum absolute atomic E-state index is 12.6. The molecule has 1 unspecified atom stereocenters. The Labute approximate surface area is 135 Å². The van der Waals surface area contributed by atoms with E-state index in [2.05, 4.69) is 5.32 Å². The third-order valence-corrected chi connectivity index (χ3v) is 5.36. The second-order valence-corrected chi connectivity index (χ2v) is 6.69. The number of thiophene rings is 1. The topological polar surface area (TPSA) is 38.3 Å². The highest BCUT2D eigenvalue weighted by molar-refractivity contribution is 7.10. The number of fused-ring (bicyclic) bond motifs is 1. The third-order valence-electron chi connectivity index (χ3n) is 4.27. The number of rotatable bonds is 4. The third kappa shape index (κ3) is 3.02. The summed E-state index contributed by atoms with van der Waals surface area (Å²) in [6, 6.07) is 7.81. The fraction of sp³-hybridized carbons (Fsp3) is 0.389. The molecule has 1 aromatic heterocycles. The van der Waals surface area contributed by atoms with Gasteiger partial charge in [-0.3, -0.25) is 4.79 Å². The highest BCUT2D eigenvalue weighted by Gasteiger charge is 2.21. The van der Waals surface area contributed by atoms with Crippen molar-refractivity contribution in [3.63, 3.8) is 0 Å². The fourth-order valence-electron chi connectivity index (χ4n) is 2.93. The molecule has 0 aliphatic heterocycles. The van der Waals surface area contributed by atoms with Crippen molar-refractivity contribution in [1.29, 1.82) is 0 Å². The molecular formula is C18H21NO2S. The number of benzene rings is 1. The zero-order valence-corrected chi connectivity index (χ0v) is 13.8. The number of hydrogen-bond acceptors (Lipinski definition) is 3. The van der Waals surface area contributed by atoms with Gasteiger partial charge in [-0.05, 0) is 55.9 Å². The predicted octanol–water partition coefficient (Wildman–Crippen LogP) is 4.13. The van der Waals surface area contributed by atoms with Crippen LogP contribution in [0.5, 0.6) is 5.75 Å². The molecule has 1 N–H and O–H groups in total. The first-order valence-corrected chi connectivity index (χ1v) is 8.61. The minimum Gasteiger partial charge on any atom is -0.497 e. The van der Waals surface area contributed by atoms with Gasteiger partial charge in [0.05, 0.1) is 18.7 Å². The average Bonchev–Trinajstić information content (AvgIpc) is 2.99. The van der Waals surface area contributed by atoms with Crippen LogP contribution in [0.4, 0.5) is 0 Å².